The summed E-state index contributed by atoms with van der Waals surface area (Å²) in [5, 5.41) is 6.72. The Hall–Kier alpha value is -2.90. The predicted molar refractivity (Wildman–Crippen MR) is 118 cm³/mol. The summed E-state index contributed by atoms with van der Waals surface area (Å²) < 4.78 is 5.12. The summed E-state index contributed by atoms with van der Waals surface area (Å²) in [4.78, 5) is 42.2. The number of nitrogens with zero attached hydrogens (tertiary/aromatic N) is 2. The second-order valence-electron chi connectivity index (χ2n) is 7.96. The van der Waals surface area contributed by atoms with Crippen LogP contribution in [0, 0.1) is 5.92 Å². The van der Waals surface area contributed by atoms with Crippen LogP contribution < -0.4 is 10.6 Å². The van der Waals surface area contributed by atoms with E-state index in [2.05, 4.69) is 15.6 Å². The van der Waals surface area contributed by atoms with Gasteiger partial charge in [0.2, 0.25) is 0 Å². The molecule has 1 fully saturated rings. The van der Waals surface area contributed by atoms with Crippen LogP contribution in [-0.4, -0.2) is 61.4 Å². The van der Waals surface area contributed by atoms with Gasteiger partial charge in [0, 0.05) is 26.2 Å². The number of amides is 2. The van der Waals surface area contributed by atoms with Crippen LogP contribution in [0.25, 0.3) is 0 Å². The summed E-state index contributed by atoms with van der Waals surface area (Å²) in [7, 11) is 1.73. The summed E-state index contributed by atoms with van der Waals surface area (Å²) in [6.07, 6.45) is 5.00. The number of benzene rings is 1. The highest BCUT2D eigenvalue weighted by atomic mass is 16.5. The maximum Gasteiger partial charge on any atom is 0.308 e. The number of fused-ring (bicyclic) bond motifs is 1. The Morgan fingerprint density at radius 1 is 1.10 bits per heavy atom. The van der Waals surface area contributed by atoms with Gasteiger partial charge in [0.15, 0.2) is 5.96 Å². The summed E-state index contributed by atoms with van der Waals surface area (Å²) >= 11 is 0. The van der Waals surface area contributed by atoms with Crippen molar-refractivity contribution in [2.75, 3.05) is 26.7 Å². The van der Waals surface area contributed by atoms with E-state index in [4.69, 9.17) is 4.74 Å². The lowest BCUT2D eigenvalue weighted by Gasteiger charge is -2.29. The van der Waals surface area contributed by atoms with Gasteiger partial charge in [-0.2, -0.15) is 0 Å². The van der Waals surface area contributed by atoms with E-state index in [9.17, 15) is 14.4 Å². The van der Waals surface area contributed by atoms with Crippen molar-refractivity contribution in [3.63, 3.8) is 0 Å². The Morgan fingerprint density at radius 3 is 2.32 bits per heavy atom. The van der Waals surface area contributed by atoms with E-state index < -0.39 is 0 Å². The average Bonchev–Trinajstić information content (AvgIpc) is 3.03. The predicted octanol–water partition coefficient (Wildman–Crippen LogP) is 2.35. The number of imide groups is 1. The molecule has 1 aliphatic heterocycles. The molecule has 3 rings (SSSR count). The normalized spacial score (nSPS) is 21.1. The van der Waals surface area contributed by atoms with Gasteiger partial charge in [0.1, 0.15) is 0 Å². The molecule has 0 atom stereocenters. The van der Waals surface area contributed by atoms with Gasteiger partial charge in [-0.15, -0.1) is 0 Å². The molecular formula is C23H32N4O4. The first kappa shape index (κ1) is 22.8. The van der Waals surface area contributed by atoms with Gasteiger partial charge in [-0.1, -0.05) is 12.1 Å². The zero-order valence-corrected chi connectivity index (χ0v) is 18.4. The van der Waals surface area contributed by atoms with E-state index in [1.54, 1.807) is 31.3 Å². The van der Waals surface area contributed by atoms with Crippen LogP contribution in [0.15, 0.2) is 29.3 Å². The van der Waals surface area contributed by atoms with Crippen molar-refractivity contribution in [3.8, 4) is 0 Å². The second kappa shape index (κ2) is 10.9. The molecule has 0 radical (unpaired) electrons. The highest BCUT2D eigenvalue weighted by molar-refractivity contribution is 6.21. The lowest BCUT2D eigenvalue weighted by molar-refractivity contribution is -0.149. The quantitative estimate of drug-likeness (QED) is 0.217. The number of aliphatic imine (C=N–C) groups is 1. The molecule has 1 aliphatic carbocycles. The SMILES string of the molecule is CCOC(=O)C1CCC(NC(=NC)NCCCCN2C(=O)c3ccccc3C2=O)CC1. The van der Waals surface area contributed by atoms with Crippen molar-refractivity contribution < 1.29 is 19.1 Å². The third-order valence-electron chi connectivity index (χ3n) is 5.89. The molecular weight excluding hydrogens is 396 g/mol. The Morgan fingerprint density at radius 2 is 1.74 bits per heavy atom. The van der Waals surface area contributed by atoms with Crippen molar-refractivity contribution in [2.45, 2.75) is 51.5 Å². The van der Waals surface area contributed by atoms with Crippen LogP contribution >= 0.6 is 0 Å². The van der Waals surface area contributed by atoms with Crippen molar-refractivity contribution in [2.24, 2.45) is 10.9 Å². The first-order valence-corrected chi connectivity index (χ1v) is 11.1. The fraction of sp³-hybridized carbons (Fsp3) is 0.565. The molecule has 8 heteroatoms. The van der Waals surface area contributed by atoms with Gasteiger partial charge in [-0.25, -0.2) is 0 Å². The second-order valence-corrected chi connectivity index (χ2v) is 7.96. The van der Waals surface area contributed by atoms with E-state index in [0.717, 1.165) is 44.5 Å². The highest BCUT2D eigenvalue weighted by Gasteiger charge is 2.34. The fourth-order valence-electron chi connectivity index (χ4n) is 4.17. The number of unbranched alkanes of at least 4 members (excludes halogenated alkanes) is 1. The Labute approximate surface area is 183 Å². The maximum atomic E-state index is 12.4. The summed E-state index contributed by atoms with van der Waals surface area (Å²) in [6, 6.07) is 7.24. The monoisotopic (exact) mass is 428 g/mol. The molecule has 168 valence electrons. The number of carbonyl (C=O) groups excluding carboxylic acids is 3. The number of nitrogens with one attached hydrogen (secondary N) is 2. The zero-order valence-electron chi connectivity index (χ0n) is 18.4. The summed E-state index contributed by atoms with van der Waals surface area (Å²) in [6.45, 7) is 3.38. The molecule has 1 saturated carbocycles. The highest BCUT2D eigenvalue weighted by Crippen LogP contribution is 2.25. The fourth-order valence-corrected chi connectivity index (χ4v) is 4.17. The molecule has 1 aromatic rings. The molecule has 8 nitrogen and oxygen atoms in total. The molecule has 1 aromatic carbocycles. The van der Waals surface area contributed by atoms with Crippen molar-refractivity contribution in [3.05, 3.63) is 35.4 Å². The topological polar surface area (TPSA) is 100 Å². The number of hydrogen-bond donors (Lipinski definition) is 2. The number of ether oxygens (including phenoxy) is 1. The minimum absolute atomic E-state index is 0.00937. The Bertz CT molecular complexity index is 796. The molecule has 0 unspecified atom stereocenters. The minimum atomic E-state index is -0.204. The maximum absolute atomic E-state index is 12.4. The lowest BCUT2D eigenvalue weighted by atomic mass is 9.86. The summed E-state index contributed by atoms with van der Waals surface area (Å²) in [5.41, 5.74) is 0.987. The third kappa shape index (κ3) is 5.62. The molecule has 31 heavy (non-hydrogen) atoms. The minimum Gasteiger partial charge on any atom is -0.466 e. The van der Waals surface area contributed by atoms with Crippen LogP contribution in [0.5, 0.6) is 0 Å². The van der Waals surface area contributed by atoms with Gasteiger partial charge in [0.05, 0.1) is 23.7 Å². The van der Waals surface area contributed by atoms with Crippen LogP contribution in [0.2, 0.25) is 0 Å². The van der Waals surface area contributed by atoms with E-state index >= 15 is 0 Å². The first-order chi connectivity index (χ1) is 15.0. The largest absolute Gasteiger partial charge is 0.466 e. The zero-order chi connectivity index (χ0) is 22.2. The van der Waals surface area contributed by atoms with E-state index in [-0.39, 0.29) is 29.7 Å². The number of hydrogen-bond acceptors (Lipinski definition) is 5. The standard InChI is InChI=1S/C23H32N4O4/c1-3-31-22(30)16-10-12-17(13-11-16)26-23(24-2)25-14-6-7-15-27-20(28)18-8-4-5-9-19(18)21(27)29/h4-5,8-9,16-17H,3,6-7,10-15H2,1-2H3,(H2,24,25,26). The molecule has 2 aliphatic rings. The Kier molecular flexibility index (Phi) is 8.03. The van der Waals surface area contributed by atoms with Gasteiger partial charge < -0.3 is 15.4 Å². The molecule has 0 spiro atoms. The Balaban J connectivity index is 1.34. The van der Waals surface area contributed by atoms with Gasteiger partial charge in [0.25, 0.3) is 11.8 Å². The van der Waals surface area contributed by atoms with Gasteiger partial charge in [-0.05, 0) is 57.6 Å². The van der Waals surface area contributed by atoms with Crippen LogP contribution in [0.3, 0.4) is 0 Å². The van der Waals surface area contributed by atoms with Crippen molar-refractivity contribution in [1.82, 2.24) is 15.5 Å². The van der Waals surface area contributed by atoms with E-state index in [1.165, 1.54) is 4.90 Å². The molecule has 0 bridgehead atoms. The van der Waals surface area contributed by atoms with Gasteiger partial charge in [-0.3, -0.25) is 24.3 Å². The van der Waals surface area contributed by atoms with Crippen LogP contribution in [0.1, 0.15) is 66.2 Å². The third-order valence-corrected chi connectivity index (χ3v) is 5.89. The average molecular weight is 429 g/mol. The van der Waals surface area contributed by atoms with Crippen LogP contribution in [-0.2, 0) is 9.53 Å². The smallest absolute Gasteiger partial charge is 0.308 e. The van der Waals surface area contributed by atoms with E-state index in [1.807, 2.05) is 6.92 Å². The number of rotatable bonds is 8. The number of carbonyl (C=O) groups is 3. The number of guanidine groups is 1. The lowest BCUT2D eigenvalue weighted by Crippen LogP contribution is -2.45. The van der Waals surface area contributed by atoms with Gasteiger partial charge >= 0.3 is 5.97 Å². The molecule has 1 heterocycles. The molecule has 2 N–H and O–H groups in total. The van der Waals surface area contributed by atoms with Crippen LogP contribution in [0.4, 0.5) is 0 Å². The van der Waals surface area contributed by atoms with Crippen molar-refractivity contribution in [1.29, 1.82) is 0 Å². The first-order valence-electron chi connectivity index (χ1n) is 11.1. The summed E-state index contributed by atoms with van der Waals surface area (Å²) in [5.74, 6) is 0.255. The van der Waals surface area contributed by atoms with Crippen molar-refractivity contribution >= 4 is 23.7 Å². The van der Waals surface area contributed by atoms with E-state index in [0.29, 0.717) is 30.8 Å². The number of esters is 1. The molecule has 0 saturated heterocycles. The molecule has 0 aromatic heterocycles. The molecule has 2 amide bonds.